The largest absolute Gasteiger partial charge is 0.493 e. The summed E-state index contributed by atoms with van der Waals surface area (Å²) < 4.78 is 12.0. The highest BCUT2D eigenvalue weighted by molar-refractivity contribution is 9.10. The molecule has 0 unspecified atom stereocenters. The van der Waals surface area contributed by atoms with E-state index in [2.05, 4.69) is 21.2 Å². The zero-order valence-corrected chi connectivity index (χ0v) is 19.8. The van der Waals surface area contributed by atoms with Gasteiger partial charge in [-0.25, -0.2) is 0 Å². The van der Waals surface area contributed by atoms with Crippen molar-refractivity contribution in [1.82, 2.24) is 0 Å². The second-order valence-corrected chi connectivity index (χ2v) is 8.17. The molecule has 32 heavy (non-hydrogen) atoms. The summed E-state index contributed by atoms with van der Waals surface area (Å²) in [5, 5.41) is 12.8. The topological polar surface area (TPSA) is 71.3 Å². The number of anilines is 1. The molecule has 1 N–H and O–H groups in total. The number of benzene rings is 3. The molecular weight excluding hydrogens is 492 g/mol. The minimum Gasteiger partial charge on any atom is -0.493 e. The third-order valence-corrected chi connectivity index (χ3v) is 5.55. The summed E-state index contributed by atoms with van der Waals surface area (Å²) in [5.41, 5.74) is 2.94. The van der Waals surface area contributed by atoms with E-state index in [0.717, 1.165) is 11.1 Å². The van der Waals surface area contributed by atoms with Crippen molar-refractivity contribution >= 4 is 45.2 Å². The fourth-order valence-corrected chi connectivity index (χ4v) is 3.50. The Balaban J connectivity index is 1.84. The van der Waals surface area contributed by atoms with E-state index in [9.17, 15) is 10.1 Å². The molecule has 0 saturated carbocycles. The Bertz CT molecular complexity index is 1200. The standard InChI is InChI=1S/C25H20BrClN2O3/c1-16-8-9-20(27)12-22(16)29-25(30)19(14-28)10-18-11-23(31-2)24(13-21(18)26)32-15-17-6-4-3-5-7-17/h3-13H,15H2,1-2H3,(H,29,30)/b19-10+. The van der Waals surface area contributed by atoms with Crippen LogP contribution in [0.5, 0.6) is 11.5 Å². The van der Waals surface area contributed by atoms with E-state index in [4.69, 9.17) is 21.1 Å². The van der Waals surface area contributed by atoms with Gasteiger partial charge in [0.15, 0.2) is 11.5 Å². The first-order valence-electron chi connectivity index (χ1n) is 9.65. The minimum absolute atomic E-state index is 0.0647. The maximum Gasteiger partial charge on any atom is 0.266 e. The Morgan fingerprint density at radius 2 is 1.91 bits per heavy atom. The normalized spacial score (nSPS) is 10.9. The lowest BCUT2D eigenvalue weighted by atomic mass is 10.1. The predicted molar refractivity (Wildman–Crippen MR) is 130 cm³/mol. The molecule has 1 amide bonds. The number of hydrogen-bond acceptors (Lipinski definition) is 4. The van der Waals surface area contributed by atoms with Gasteiger partial charge in [-0.15, -0.1) is 0 Å². The Labute approximate surface area is 200 Å². The number of ether oxygens (including phenoxy) is 2. The lowest BCUT2D eigenvalue weighted by Gasteiger charge is -2.13. The van der Waals surface area contributed by atoms with Crippen LogP contribution in [0.4, 0.5) is 5.69 Å². The van der Waals surface area contributed by atoms with Gasteiger partial charge in [-0.1, -0.05) is 63.9 Å². The van der Waals surface area contributed by atoms with Gasteiger partial charge in [0.2, 0.25) is 0 Å². The fourth-order valence-electron chi connectivity index (χ4n) is 2.89. The molecule has 0 atom stereocenters. The van der Waals surface area contributed by atoms with Crippen LogP contribution >= 0.6 is 27.5 Å². The van der Waals surface area contributed by atoms with E-state index in [1.165, 1.54) is 13.2 Å². The predicted octanol–water partition coefficient (Wildman–Crippen LogP) is 6.54. The molecule has 3 rings (SSSR count). The van der Waals surface area contributed by atoms with Crippen molar-refractivity contribution in [2.24, 2.45) is 0 Å². The van der Waals surface area contributed by atoms with Gasteiger partial charge in [0.05, 0.1) is 7.11 Å². The Morgan fingerprint density at radius 1 is 1.16 bits per heavy atom. The number of halogens is 2. The van der Waals surface area contributed by atoms with Gasteiger partial charge in [-0.05, 0) is 54.0 Å². The summed E-state index contributed by atoms with van der Waals surface area (Å²) >= 11 is 9.51. The Morgan fingerprint density at radius 3 is 2.59 bits per heavy atom. The zero-order chi connectivity index (χ0) is 23.1. The highest BCUT2D eigenvalue weighted by atomic mass is 79.9. The van der Waals surface area contributed by atoms with Crippen LogP contribution in [-0.4, -0.2) is 13.0 Å². The van der Waals surface area contributed by atoms with Crippen molar-refractivity contribution in [3.05, 3.63) is 92.4 Å². The van der Waals surface area contributed by atoms with E-state index >= 15 is 0 Å². The van der Waals surface area contributed by atoms with E-state index in [1.54, 1.807) is 30.3 Å². The molecule has 0 aromatic heterocycles. The van der Waals surface area contributed by atoms with Gasteiger partial charge >= 0.3 is 0 Å². The number of hydrogen-bond donors (Lipinski definition) is 1. The summed E-state index contributed by atoms with van der Waals surface area (Å²) in [6.07, 6.45) is 1.49. The smallest absolute Gasteiger partial charge is 0.266 e. The second kappa shape index (κ2) is 10.9. The van der Waals surface area contributed by atoms with Crippen LogP contribution in [0.15, 0.2) is 70.7 Å². The highest BCUT2D eigenvalue weighted by Gasteiger charge is 2.15. The molecule has 7 heteroatoms. The first kappa shape index (κ1) is 23.4. The molecule has 0 radical (unpaired) electrons. The number of rotatable bonds is 7. The number of nitriles is 1. The third-order valence-electron chi connectivity index (χ3n) is 4.63. The molecule has 0 spiro atoms. The SMILES string of the molecule is COc1cc(/C=C(\C#N)C(=O)Nc2cc(Cl)ccc2C)c(Br)cc1OCc1ccccc1. The summed E-state index contributed by atoms with van der Waals surface area (Å²) in [5.74, 6) is 0.491. The number of aryl methyl sites for hydroxylation is 1. The van der Waals surface area contributed by atoms with E-state index < -0.39 is 5.91 Å². The highest BCUT2D eigenvalue weighted by Crippen LogP contribution is 2.35. The molecule has 162 valence electrons. The van der Waals surface area contributed by atoms with Crippen molar-refractivity contribution in [1.29, 1.82) is 5.26 Å². The molecule has 0 bridgehead atoms. The maximum absolute atomic E-state index is 12.7. The number of methoxy groups -OCH3 is 1. The van der Waals surface area contributed by atoms with Crippen LogP contribution in [0.3, 0.4) is 0 Å². The lowest BCUT2D eigenvalue weighted by Crippen LogP contribution is -2.14. The average molecular weight is 512 g/mol. The van der Waals surface area contributed by atoms with Crippen molar-refractivity contribution < 1.29 is 14.3 Å². The molecule has 0 aliphatic rings. The molecule has 0 aliphatic heterocycles. The van der Waals surface area contributed by atoms with Crippen LogP contribution in [0.2, 0.25) is 5.02 Å². The van der Waals surface area contributed by atoms with Gasteiger partial charge < -0.3 is 14.8 Å². The molecular formula is C25H20BrClN2O3. The van der Waals surface area contributed by atoms with Gasteiger partial charge in [0.1, 0.15) is 18.2 Å². The summed E-state index contributed by atoms with van der Waals surface area (Å²) in [4.78, 5) is 12.7. The summed E-state index contributed by atoms with van der Waals surface area (Å²) in [6.45, 7) is 2.22. The summed E-state index contributed by atoms with van der Waals surface area (Å²) in [6, 6.07) is 20.4. The second-order valence-electron chi connectivity index (χ2n) is 6.88. The minimum atomic E-state index is -0.534. The van der Waals surface area contributed by atoms with E-state index in [1.807, 2.05) is 43.3 Å². The lowest BCUT2D eigenvalue weighted by molar-refractivity contribution is -0.112. The van der Waals surface area contributed by atoms with Gasteiger partial charge in [-0.3, -0.25) is 4.79 Å². The fraction of sp³-hybridized carbons (Fsp3) is 0.120. The molecule has 5 nitrogen and oxygen atoms in total. The van der Waals surface area contributed by atoms with Crippen molar-refractivity contribution in [3.8, 4) is 17.6 Å². The molecule has 0 heterocycles. The summed E-state index contributed by atoms with van der Waals surface area (Å²) in [7, 11) is 1.53. The van der Waals surface area contributed by atoms with Crippen LogP contribution in [0.1, 0.15) is 16.7 Å². The van der Waals surface area contributed by atoms with E-state index in [-0.39, 0.29) is 5.57 Å². The van der Waals surface area contributed by atoms with Crippen LogP contribution in [0, 0.1) is 18.3 Å². The van der Waals surface area contributed by atoms with Crippen molar-refractivity contribution in [2.45, 2.75) is 13.5 Å². The number of nitrogens with zero attached hydrogens (tertiary/aromatic N) is 1. The molecule has 0 fully saturated rings. The molecule has 3 aromatic rings. The first-order chi connectivity index (χ1) is 15.4. The maximum atomic E-state index is 12.7. The van der Waals surface area contributed by atoms with Crippen molar-refractivity contribution in [3.63, 3.8) is 0 Å². The van der Waals surface area contributed by atoms with Crippen molar-refractivity contribution in [2.75, 3.05) is 12.4 Å². The quantitative estimate of drug-likeness (QED) is 0.289. The van der Waals surface area contributed by atoms with Gasteiger partial charge in [0, 0.05) is 15.2 Å². The average Bonchev–Trinajstić information content (AvgIpc) is 2.80. The Kier molecular flexibility index (Phi) is 7.93. The zero-order valence-electron chi connectivity index (χ0n) is 17.5. The number of carbonyl (C=O) groups excluding carboxylic acids is 1. The molecule has 0 aliphatic carbocycles. The van der Waals surface area contributed by atoms with Crippen LogP contribution < -0.4 is 14.8 Å². The van der Waals surface area contributed by atoms with Crippen LogP contribution in [0.25, 0.3) is 6.08 Å². The third kappa shape index (κ3) is 5.91. The van der Waals surface area contributed by atoms with E-state index in [0.29, 0.717) is 38.9 Å². The number of nitrogens with one attached hydrogen (secondary N) is 1. The van der Waals surface area contributed by atoms with Gasteiger partial charge in [-0.2, -0.15) is 5.26 Å². The number of carbonyl (C=O) groups is 1. The number of amides is 1. The monoisotopic (exact) mass is 510 g/mol. The molecule has 0 saturated heterocycles. The first-order valence-corrected chi connectivity index (χ1v) is 10.8. The molecule has 3 aromatic carbocycles. The van der Waals surface area contributed by atoms with Gasteiger partial charge in [0.25, 0.3) is 5.91 Å². The van der Waals surface area contributed by atoms with Crippen LogP contribution in [-0.2, 0) is 11.4 Å². The Hall–Kier alpha value is -3.27.